The third-order valence-electron chi connectivity index (χ3n) is 3.91. The summed E-state index contributed by atoms with van der Waals surface area (Å²) in [6.07, 6.45) is 2.99. The van der Waals surface area contributed by atoms with Gasteiger partial charge in [-0.25, -0.2) is 0 Å². The molecule has 0 aliphatic carbocycles. The van der Waals surface area contributed by atoms with Crippen molar-refractivity contribution in [1.82, 2.24) is 0 Å². The molecule has 98 valence electrons. The van der Waals surface area contributed by atoms with Crippen LogP contribution in [0.5, 0.6) is 5.75 Å². The van der Waals surface area contributed by atoms with Crippen LogP contribution in [0.25, 0.3) is 0 Å². The molecule has 2 aliphatic heterocycles. The van der Waals surface area contributed by atoms with Crippen LogP contribution in [-0.4, -0.2) is 18.3 Å². The molecule has 2 heterocycles. The molecule has 0 saturated carbocycles. The van der Waals surface area contributed by atoms with Gasteiger partial charge in [0.2, 0.25) is 0 Å². The Morgan fingerprint density at radius 2 is 2.22 bits per heavy atom. The topological polar surface area (TPSA) is 44.5 Å². The average molecular weight is 312 g/mol. The van der Waals surface area contributed by atoms with Gasteiger partial charge in [-0.1, -0.05) is 15.9 Å². The van der Waals surface area contributed by atoms with Crippen molar-refractivity contribution in [1.29, 1.82) is 0 Å². The standard InChI is InChI=1S/C14H18BrNO2/c1-9-7-14(4-5-17-9)8-12(16)11-6-10(15)2-3-13(11)18-14/h2-3,6,9,12H,4-5,7-8,16H2,1H3/t9?,12-,14?/m1/s1. The van der Waals surface area contributed by atoms with Crippen LogP contribution >= 0.6 is 15.9 Å². The minimum atomic E-state index is -0.127. The van der Waals surface area contributed by atoms with E-state index in [0.717, 1.165) is 41.7 Å². The maximum absolute atomic E-state index is 6.32. The highest BCUT2D eigenvalue weighted by Gasteiger charge is 2.43. The number of benzene rings is 1. The zero-order valence-electron chi connectivity index (χ0n) is 10.5. The van der Waals surface area contributed by atoms with Crippen molar-refractivity contribution < 1.29 is 9.47 Å². The highest BCUT2D eigenvalue weighted by Crippen LogP contribution is 2.44. The Balaban J connectivity index is 1.93. The largest absolute Gasteiger partial charge is 0.487 e. The number of fused-ring (bicyclic) bond motifs is 1. The molecular weight excluding hydrogens is 294 g/mol. The van der Waals surface area contributed by atoms with E-state index < -0.39 is 0 Å². The van der Waals surface area contributed by atoms with Gasteiger partial charge in [0.05, 0.1) is 12.7 Å². The van der Waals surface area contributed by atoms with Crippen LogP contribution in [-0.2, 0) is 4.74 Å². The van der Waals surface area contributed by atoms with Crippen molar-refractivity contribution >= 4 is 15.9 Å². The van der Waals surface area contributed by atoms with Gasteiger partial charge in [-0.05, 0) is 25.1 Å². The Labute approximate surface area is 116 Å². The fraction of sp³-hybridized carbons (Fsp3) is 0.571. The first-order chi connectivity index (χ1) is 8.58. The van der Waals surface area contributed by atoms with Crippen LogP contribution in [0.3, 0.4) is 0 Å². The molecule has 0 radical (unpaired) electrons. The summed E-state index contributed by atoms with van der Waals surface area (Å²) in [6.45, 7) is 2.87. The monoisotopic (exact) mass is 311 g/mol. The van der Waals surface area contributed by atoms with Crippen molar-refractivity contribution in [2.45, 2.75) is 43.9 Å². The molecule has 2 aliphatic rings. The molecule has 1 aromatic carbocycles. The third kappa shape index (κ3) is 2.17. The van der Waals surface area contributed by atoms with Crippen LogP contribution in [0.2, 0.25) is 0 Å². The number of nitrogens with two attached hydrogens (primary N) is 1. The second-order valence-electron chi connectivity index (χ2n) is 5.41. The smallest absolute Gasteiger partial charge is 0.124 e. The second kappa shape index (κ2) is 4.51. The SMILES string of the molecule is CC1CC2(CCO1)C[C@@H](N)c1cc(Br)ccc1O2. The van der Waals surface area contributed by atoms with Crippen molar-refractivity contribution in [3.8, 4) is 5.75 Å². The van der Waals surface area contributed by atoms with Gasteiger partial charge in [-0.3, -0.25) is 0 Å². The molecule has 1 saturated heterocycles. The number of hydrogen-bond acceptors (Lipinski definition) is 3. The number of hydrogen-bond donors (Lipinski definition) is 1. The summed E-state index contributed by atoms with van der Waals surface area (Å²) in [5, 5.41) is 0. The Hall–Kier alpha value is -0.580. The van der Waals surface area contributed by atoms with E-state index in [4.69, 9.17) is 15.2 Å². The van der Waals surface area contributed by atoms with Gasteiger partial charge in [0, 0.05) is 35.3 Å². The van der Waals surface area contributed by atoms with E-state index in [0.29, 0.717) is 0 Å². The first-order valence-corrected chi connectivity index (χ1v) is 7.23. The Morgan fingerprint density at radius 3 is 3.00 bits per heavy atom. The summed E-state index contributed by atoms with van der Waals surface area (Å²) in [5.74, 6) is 0.936. The molecule has 2 N–H and O–H groups in total. The Kier molecular flexibility index (Phi) is 3.12. The lowest BCUT2D eigenvalue weighted by Gasteiger charge is -2.45. The minimum absolute atomic E-state index is 0.0524. The molecule has 18 heavy (non-hydrogen) atoms. The molecule has 1 aromatic rings. The lowest BCUT2D eigenvalue weighted by Crippen LogP contribution is -2.49. The molecule has 2 unspecified atom stereocenters. The van der Waals surface area contributed by atoms with E-state index in [1.807, 2.05) is 12.1 Å². The zero-order chi connectivity index (χ0) is 12.8. The quantitative estimate of drug-likeness (QED) is 0.800. The first-order valence-electron chi connectivity index (χ1n) is 6.44. The van der Waals surface area contributed by atoms with Crippen LogP contribution < -0.4 is 10.5 Å². The maximum atomic E-state index is 6.32. The van der Waals surface area contributed by atoms with Gasteiger partial charge < -0.3 is 15.2 Å². The highest BCUT2D eigenvalue weighted by atomic mass is 79.9. The Morgan fingerprint density at radius 1 is 1.39 bits per heavy atom. The van der Waals surface area contributed by atoms with E-state index >= 15 is 0 Å². The summed E-state index contributed by atoms with van der Waals surface area (Å²) >= 11 is 3.48. The average Bonchev–Trinajstić information content (AvgIpc) is 2.30. The molecule has 3 atom stereocenters. The molecule has 1 spiro atoms. The first kappa shape index (κ1) is 12.5. The minimum Gasteiger partial charge on any atom is -0.487 e. The van der Waals surface area contributed by atoms with E-state index in [2.05, 4.69) is 28.9 Å². The fourth-order valence-electron chi connectivity index (χ4n) is 3.10. The summed E-state index contributed by atoms with van der Waals surface area (Å²) < 4.78 is 12.9. The maximum Gasteiger partial charge on any atom is 0.124 e. The summed E-state index contributed by atoms with van der Waals surface area (Å²) in [7, 11) is 0. The van der Waals surface area contributed by atoms with Gasteiger partial charge >= 0.3 is 0 Å². The highest BCUT2D eigenvalue weighted by molar-refractivity contribution is 9.10. The van der Waals surface area contributed by atoms with Crippen molar-refractivity contribution in [3.05, 3.63) is 28.2 Å². The normalized spacial score (nSPS) is 35.1. The molecule has 0 amide bonds. The zero-order valence-corrected chi connectivity index (χ0v) is 12.1. The van der Waals surface area contributed by atoms with E-state index in [1.54, 1.807) is 0 Å². The molecule has 3 rings (SSSR count). The van der Waals surface area contributed by atoms with Crippen molar-refractivity contribution in [2.75, 3.05) is 6.61 Å². The predicted octanol–water partition coefficient (Wildman–Crippen LogP) is 3.17. The van der Waals surface area contributed by atoms with Crippen LogP contribution in [0, 0.1) is 0 Å². The van der Waals surface area contributed by atoms with E-state index in [1.165, 1.54) is 0 Å². The van der Waals surface area contributed by atoms with Crippen molar-refractivity contribution in [3.63, 3.8) is 0 Å². The van der Waals surface area contributed by atoms with Crippen molar-refractivity contribution in [2.24, 2.45) is 5.73 Å². The summed E-state index contributed by atoms with van der Waals surface area (Å²) in [6, 6.07) is 6.14. The molecule has 0 aromatic heterocycles. The predicted molar refractivity (Wildman–Crippen MR) is 73.7 cm³/mol. The van der Waals surface area contributed by atoms with Crippen LogP contribution in [0.1, 0.15) is 37.8 Å². The molecule has 4 heteroatoms. The molecular formula is C14H18BrNO2. The second-order valence-corrected chi connectivity index (χ2v) is 6.33. The fourth-order valence-corrected chi connectivity index (χ4v) is 3.48. The van der Waals surface area contributed by atoms with E-state index in [-0.39, 0.29) is 17.7 Å². The van der Waals surface area contributed by atoms with Gasteiger partial charge in [-0.2, -0.15) is 0 Å². The van der Waals surface area contributed by atoms with Gasteiger partial charge in [0.25, 0.3) is 0 Å². The van der Waals surface area contributed by atoms with Gasteiger partial charge in [0.1, 0.15) is 11.4 Å². The lowest BCUT2D eigenvalue weighted by atomic mass is 9.80. The van der Waals surface area contributed by atoms with Crippen LogP contribution in [0.4, 0.5) is 0 Å². The number of halogens is 1. The Bertz CT molecular complexity index is 465. The third-order valence-corrected chi connectivity index (χ3v) is 4.40. The summed E-state index contributed by atoms with van der Waals surface area (Å²) in [4.78, 5) is 0. The molecule has 0 bridgehead atoms. The molecule has 3 nitrogen and oxygen atoms in total. The van der Waals surface area contributed by atoms with E-state index in [9.17, 15) is 0 Å². The summed E-state index contributed by atoms with van der Waals surface area (Å²) in [5.41, 5.74) is 7.30. The molecule has 1 fully saturated rings. The number of ether oxygens (including phenoxy) is 2. The van der Waals surface area contributed by atoms with Gasteiger partial charge in [-0.15, -0.1) is 0 Å². The number of rotatable bonds is 0. The van der Waals surface area contributed by atoms with Crippen LogP contribution in [0.15, 0.2) is 22.7 Å². The van der Waals surface area contributed by atoms with Gasteiger partial charge in [0.15, 0.2) is 0 Å². The lowest BCUT2D eigenvalue weighted by molar-refractivity contribution is -0.0949.